The zero-order valence-electron chi connectivity index (χ0n) is 17.5. The van der Waals surface area contributed by atoms with Gasteiger partial charge >= 0.3 is 0 Å². The van der Waals surface area contributed by atoms with Gasteiger partial charge in [-0.05, 0) is 37.8 Å². The molecule has 0 spiro atoms. The Morgan fingerprint density at radius 3 is 2.44 bits per heavy atom. The average molecular weight is 464 g/mol. The third-order valence-corrected chi connectivity index (χ3v) is 7.77. The minimum Gasteiger partial charge on any atom is -0.348 e. The monoisotopic (exact) mass is 463 g/mol. The highest BCUT2D eigenvalue weighted by Gasteiger charge is 2.31. The third-order valence-electron chi connectivity index (χ3n) is 6.16. The topological polar surface area (TPSA) is 124 Å². The van der Waals surface area contributed by atoms with Gasteiger partial charge in [0.2, 0.25) is 0 Å². The van der Waals surface area contributed by atoms with Gasteiger partial charge in [-0.1, -0.05) is 12.1 Å². The molecule has 3 N–H and O–H groups in total. The van der Waals surface area contributed by atoms with Crippen LogP contribution in [0.3, 0.4) is 0 Å². The van der Waals surface area contributed by atoms with Crippen LogP contribution in [0.15, 0.2) is 30.5 Å². The second-order valence-electron chi connectivity index (χ2n) is 8.26. The van der Waals surface area contributed by atoms with Gasteiger partial charge in [-0.15, -0.1) is 0 Å². The number of amides is 2. The second-order valence-corrected chi connectivity index (χ2v) is 10.6. The van der Waals surface area contributed by atoms with E-state index in [1.54, 1.807) is 6.07 Å². The number of nitrogens with zero attached hydrogens (tertiary/aromatic N) is 2. The summed E-state index contributed by atoms with van der Waals surface area (Å²) in [5.74, 6) is -1.28. The van der Waals surface area contributed by atoms with E-state index >= 15 is 0 Å². The molecule has 11 heteroatoms. The van der Waals surface area contributed by atoms with Gasteiger partial charge in [0, 0.05) is 25.2 Å². The molecule has 0 atom stereocenters. The molecule has 4 rings (SSSR count). The van der Waals surface area contributed by atoms with Crippen molar-refractivity contribution in [2.24, 2.45) is 0 Å². The van der Waals surface area contributed by atoms with Crippen molar-refractivity contribution in [1.82, 2.24) is 20.4 Å². The molecule has 9 nitrogen and oxygen atoms in total. The largest absolute Gasteiger partial charge is 0.348 e. The van der Waals surface area contributed by atoms with Gasteiger partial charge in [0.15, 0.2) is 9.84 Å². The molecule has 2 aliphatic rings. The maximum Gasteiger partial charge on any atom is 0.271 e. The molecule has 2 amide bonds. The maximum atomic E-state index is 13.8. The summed E-state index contributed by atoms with van der Waals surface area (Å²) in [6.07, 6.45) is 4.64. The van der Waals surface area contributed by atoms with Crippen molar-refractivity contribution in [1.29, 1.82) is 0 Å². The molecule has 2 fully saturated rings. The lowest BCUT2D eigenvalue weighted by Crippen LogP contribution is -2.49. The van der Waals surface area contributed by atoms with Gasteiger partial charge in [0.25, 0.3) is 11.8 Å². The summed E-state index contributed by atoms with van der Waals surface area (Å²) in [7, 11) is -2.90. The lowest BCUT2D eigenvalue weighted by atomic mass is 9.90. The molecular weight excluding hydrogens is 437 g/mol. The van der Waals surface area contributed by atoms with Gasteiger partial charge < -0.3 is 10.6 Å². The highest BCUT2D eigenvalue weighted by atomic mass is 32.2. The van der Waals surface area contributed by atoms with Crippen LogP contribution in [0.25, 0.3) is 0 Å². The Morgan fingerprint density at radius 1 is 1.06 bits per heavy atom. The van der Waals surface area contributed by atoms with E-state index in [-0.39, 0.29) is 40.4 Å². The number of carbonyl (C=O) groups is 2. The highest BCUT2D eigenvalue weighted by Crippen LogP contribution is 2.25. The van der Waals surface area contributed by atoms with Crippen molar-refractivity contribution >= 4 is 27.3 Å². The van der Waals surface area contributed by atoms with Crippen LogP contribution in [-0.4, -0.2) is 72.0 Å². The number of sulfone groups is 1. The standard InChI is InChI=1S/C21H26FN5O4S/c22-17-4-2-1-3-16(17)20(28)25-18-13-23-26-19(18)21(29)24-14-5-7-15(8-6-14)27-9-11-32(30,31)12-10-27/h1-4,13-15H,5-12H2,(H,23,26)(H,24,29)(H,25,28). The fraction of sp³-hybridized carbons (Fsp3) is 0.476. The molecule has 1 aromatic heterocycles. The Labute approximate surface area is 185 Å². The first-order chi connectivity index (χ1) is 15.3. The van der Waals surface area contributed by atoms with Gasteiger partial charge in [-0.3, -0.25) is 19.6 Å². The van der Waals surface area contributed by atoms with Crippen molar-refractivity contribution < 1.29 is 22.4 Å². The second kappa shape index (κ2) is 9.37. The zero-order valence-corrected chi connectivity index (χ0v) is 18.3. The predicted octanol–water partition coefficient (Wildman–Crippen LogP) is 1.57. The summed E-state index contributed by atoms with van der Waals surface area (Å²) < 4.78 is 37.1. The molecule has 1 aromatic carbocycles. The van der Waals surface area contributed by atoms with Crippen LogP contribution in [-0.2, 0) is 9.84 Å². The Morgan fingerprint density at radius 2 is 1.75 bits per heavy atom. The number of hydrogen-bond acceptors (Lipinski definition) is 6. The molecule has 1 saturated carbocycles. The highest BCUT2D eigenvalue weighted by molar-refractivity contribution is 7.91. The first-order valence-corrected chi connectivity index (χ1v) is 12.5. The van der Waals surface area contributed by atoms with Crippen molar-refractivity contribution in [3.63, 3.8) is 0 Å². The van der Waals surface area contributed by atoms with E-state index < -0.39 is 21.6 Å². The SMILES string of the molecule is O=C(Nc1cn[nH]c1C(=O)NC1CCC(N2CCS(=O)(=O)CC2)CC1)c1ccccc1F. The maximum absolute atomic E-state index is 13.8. The quantitative estimate of drug-likeness (QED) is 0.618. The van der Waals surface area contributed by atoms with Crippen molar-refractivity contribution in [3.8, 4) is 0 Å². The molecule has 32 heavy (non-hydrogen) atoms. The van der Waals surface area contributed by atoms with Crippen LogP contribution < -0.4 is 10.6 Å². The van der Waals surface area contributed by atoms with E-state index in [1.165, 1.54) is 24.4 Å². The van der Waals surface area contributed by atoms with Crippen LogP contribution in [0.4, 0.5) is 10.1 Å². The van der Waals surface area contributed by atoms with E-state index in [2.05, 4.69) is 25.7 Å². The molecule has 0 radical (unpaired) electrons. The summed E-state index contributed by atoms with van der Waals surface area (Å²) in [4.78, 5) is 27.3. The summed E-state index contributed by atoms with van der Waals surface area (Å²) in [6, 6.07) is 5.91. The number of carbonyl (C=O) groups excluding carboxylic acids is 2. The van der Waals surface area contributed by atoms with Crippen molar-refractivity contribution in [3.05, 3.63) is 47.5 Å². The molecule has 1 aliphatic carbocycles. The van der Waals surface area contributed by atoms with Gasteiger partial charge in [0.1, 0.15) is 11.5 Å². The number of aromatic nitrogens is 2. The molecular formula is C21H26FN5O4S. The number of halogens is 1. The van der Waals surface area contributed by atoms with Crippen LogP contribution >= 0.6 is 0 Å². The molecule has 172 valence electrons. The van der Waals surface area contributed by atoms with E-state index in [0.29, 0.717) is 19.1 Å². The first kappa shape index (κ1) is 22.4. The van der Waals surface area contributed by atoms with Crippen LogP contribution in [0.1, 0.15) is 46.5 Å². The molecule has 1 saturated heterocycles. The summed E-state index contributed by atoms with van der Waals surface area (Å²) >= 11 is 0. The Hall–Kier alpha value is -2.79. The lowest BCUT2D eigenvalue weighted by molar-refractivity contribution is 0.0901. The Bertz CT molecular complexity index is 1080. The molecule has 0 unspecified atom stereocenters. The van der Waals surface area contributed by atoms with Crippen molar-refractivity contribution in [2.75, 3.05) is 29.9 Å². The Balaban J connectivity index is 1.31. The number of aromatic amines is 1. The smallest absolute Gasteiger partial charge is 0.271 e. The van der Waals surface area contributed by atoms with Gasteiger partial charge in [-0.2, -0.15) is 5.10 Å². The van der Waals surface area contributed by atoms with E-state index in [1.807, 2.05) is 0 Å². The predicted molar refractivity (Wildman–Crippen MR) is 117 cm³/mol. The molecule has 1 aliphatic heterocycles. The fourth-order valence-corrected chi connectivity index (χ4v) is 5.55. The lowest BCUT2D eigenvalue weighted by Gasteiger charge is -2.38. The number of hydrogen-bond donors (Lipinski definition) is 3. The van der Waals surface area contributed by atoms with Gasteiger partial charge in [0.05, 0.1) is 29.0 Å². The summed E-state index contributed by atoms with van der Waals surface area (Å²) in [6.45, 7) is 1.15. The first-order valence-electron chi connectivity index (χ1n) is 10.7. The Kier molecular flexibility index (Phi) is 6.56. The van der Waals surface area contributed by atoms with Crippen molar-refractivity contribution in [2.45, 2.75) is 37.8 Å². The molecule has 0 bridgehead atoms. The number of benzene rings is 1. The fourth-order valence-electron chi connectivity index (χ4n) is 4.32. The van der Waals surface area contributed by atoms with Crippen LogP contribution in [0.5, 0.6) is 0 Å². The third kappa shape index (κ3) is 5.16. The van der Waals surface area contributed by atoms with Crippen LogP contribution in [0.2, 0.25) is 0 Å². The van der Waals surface area contributed by atoms with E-state index in [9.17, 15) is 22.4 Å². The number of nitrogens with one attached hydrogen (secondary N) is 3. The summed E-state index contributed by atoms with van der Waals surface area (Å²) in [5.41, 5.74) is 0.168. The average Bonchev–Trinajstić information content (AvgIpc) is 3.23. The number of anilines is 1. The minimum atomic E-state index is -2.90. The zero-order chi connectivity index (χ0) is 22.7. The van der Waals surface area contributed by atoms with E-state index in [4.69, 9.17) is 0 Å². The van der Waals surface area contributed by atoms with Crippen LogP contribution in [0, 0.1) is 5.82 Å². The van der Waals surface area contributed by atoms with E-state index in [0.717, 1.165) is 25.7 Å². The minimum absolute atomic E-state index is 0.0225. The number of H-pyrrole nitrogens is 1. The number of rotatable bonds is 5. The molecule has 2 heterocycles. The molecule has 2 aromatic rings. The summed E-state index contributed by atoms with van der Waals surface area (Å²) in [5, 5.41) is 11.9. The van der Waals surface area contributed by atoms with Gasteiger partial charge in [-0.25, -0.2) is 12.8 Å². The normalized spacial score (nSPS) is 23.4.